The molecule has 2 aromatic carbocycles. The molecule has 0 radical (unpaired) electrons. The van der Waals surface area contributed by atoms with E-state index in [-0.39, 0.29) is 18.6 Å². The Labute approximate surface area is 137 Å². The lowest BCUT2D eigenvalue weighted by Crippen LogP contribution is -2.47. The third kappa shape index (κ3) is 4.91. The summed E-state index contributed by atoms with van der Waals surface area (Å²) in [4.78, 5) is 13.6. The first-order valence-corrected chi connectivity index (χ1v) is 7.98. The van der Waals surface area contributed by atoms with Crippen LogP contribution in [0.15, 0.2) is 60.7 Å². The van der Waals surface area contributed by atoms with E-state index in [9.17, 15) is 4.79 Å². The summed E-state index contributed by atoms with van der Waals surface area (Å²) in [6.45, 7) is 3.27. The van der Waals surface area contributed by atoms with E-state index in [2.05, 4.69) is 58.7 Å². The van der Waals surface area contributed by atoms with Gasteiger partial charge in [0.15, 0.2) is 0 Å². The van der Waals surface area contributed by atoms with Gasteiger partial charge in [0.1, 0.15) is 6.61 Å². The number of nitrogens with zero attached hydrogens (tertiary/aromatic N) is 1. The van der Waals surface area contributed by atoms with E-state index in [1.54, 1.807) is 0 Å². The Morgan fingerprint density at radius 2 is 1.52 bits per heavy atom. The van der Waals surface area contributed by atoms with Crippen molar-refractivity contribution in [3.63, 3.8) is 0 Å². The fourth-order valence-corrected chi connectivity index (χ4v) is 2.80. The maximum absolute atomic E-state index is 11.2. The highest BCUT2D eigenvalue weighted by Gasteiger charge is 2.21. The van der Waals surface area contributed by atoms with Crippen LogP contribution in [0.2, 0.25) is 0 Å². The molecule has 1 fully saturated rings. The van der Waals surface area contributed by atoms with Gasteiger partial charge in [-0.25, -0.2) is 0 Å². The molecule has 2 aromatic rings. The predicted molar refractivity (Wildman–Crippen MR) is 89.7 cm³/mol. The summed E-state index contributed by atoms with van der Waals surface area (Å²) in [5, 5.41) is 2.87. The molecule has 1 unspecified atom stereocenters. The first kappa shape index (κ1) is 15.7. The average Bonchev–Trinajstić information content (AvgIpc) is 2.59. The fourth-order valence-electron chi connectivity index (χ4n) is 2.80. The predicted octanol–water partition coefficient (Wildman–Crippen LogP) is 2.20. The zero-order valence-corrected chi connectivity index (χ0v) is 13.2. The second-order valence-electron chi connectivity index (χ2n) is 5.88. The SMILES string of the molecule is O=C1COC(CN(Cc2ccccc2)Cc2ccccc2)CN1. The number of hydrogen-bond acceptors (Lipinski definition) is 3. The van der Waals surface area contributed by atoms with E-state index in [0.717, 1.165) is 19.6 Å². The molecule has 1 atom stereocenters. The molecular weight excluding hydrogens is 288 g/mol. The van der Waals surface area contributed by atoms with Crippen LogP contribution in [0.5, 0.6) is 0 Å². The van der Waals surface area contributed by atoms with Crippen molar-refractivity contribution >= 4 is 5.91 Å². The van der Waals surface area contributed by atoms with Gasteiger partial charge in [-0.1, -0.05) is 60.7 Å². The van der Waals surface area contributed by atoms with Gasteiger partial charge < -0.3 is 10.1 Å². The van der Waals surface area contributed by atoms with Gasteiger partial charge in [0.05, 0.1) is 6.10 Å². The van der Waals surface area contributed by atoms with Gasteiger partial charge in [-0.15, -0.1) is 0 Å². The summed E-state index contributed by atoms with van der Waals surface area (Å²) in [5.74, 6) is -0.0288. The number of hydrogen-bond donors (Lipinski definition) is 1. The van der Waals surface area contributed by atoms with Crippen LogP contribution in [0, 0.1) is 0 Å². The number of amides is 1. The smallest absolute Gasteiger partial charge is 0.246 e. The standard InChI is InChI=1S/C19H22N2O2/c22-19-15-23-18(11-20-19)14-21(12-16-7-3-1-4-8-16)13-17-9-5-2-6-10-17/h1-10,18H,11-15H2,(H,20,22). The van der Waals surface area contributed by atoms with Crippen LogP contribution >= 0.6 is 0 Å². The highest BCUT2D eigenvalue weighted by Crippen LogP contribution is 2.12. The molecular formula is C19H22N2O2. The topological polar surface area (TPSA) is 41.6 Å². The maximum atomic E-state index is 11.2. The monoisotopic (exact) mass is 310 g/mol. The van der Waals surface area contributed by atoms with Crippen LogP contribution in [0.1, 0.15) is 11.1 Å². The van der Waals surface area contributed by atoms with E-state index >= 15 is 0 Å². The molecule has 0 spiro atoms. The van der Waals surface area contributed by atoms with Crippen LogP contribution in [0.4, 0.5) is 0 Å². The van der Waals surface area contributed by atoms with E-state index in [4.69, 9.17) is 4.74 Å². The Morgan fingerprint density at radius 3 is 2.00 bits per heavy atom. The maximum Gasteiger partial charge on any atom is 0.246 e. The molecule has 23 heavy (non-hydrogen) atoms. The van der Waals surface area contributed by atoms with E-state index in [0.29, 0.717) is 6.54 Å². The van der Waals surface area contributed by atoms with Crippen molar-refractivity contribution in [1.29, 1.82) is 0 Å². The number of carbonyl (C=O) groups is 1. The Bertz CT molecular complexity index is 564. The number of carbonyl (C=O) groups excluding carboxylic acids is 1. The molecule has 0 aliphatic carbocycles. The normalized spacial score (nSPS) is 18.0. The van der Waals surface area contributed by atoms with Gasteiger partial charge in [-0.3, -0.25) is 9.69 Å². The van der Waals surface area contributed by atoms with Gasteiger partial charge in [0.2, 0.25) is 5.91 Å². The summed E-state index contributed by atoms with van der Waals surface area (Å²) in [7, 11) is 0. The minimum atomic E-state index is -0.0288. The van der Waals surface area contributed by atoms with Crippen molar-refractivity contribution in [2.45, 2.75) is 19.2 Å². The minimum absolute atomic E-state index is 0.0288. The summed E-state index contributed by atoms with van der Waals surface area (Å²) >= 11 is 0. The van der Waals surface area contributed by atoms with Crippen LogP contribution in [0.25, 0.3) is 0 Å². The van der Waals surface area contributed by atoms with Crippen LogP contribution in [-0.2, 0) is 22.6 Å². The van der Waals surface area contributed by atoms with Crippen molar-refractivity contribution in [2.24, 2.45) is 0 Å². The molecule has 120 valence electrons. The first-order valence-electron chi connectivity index (χ1n) is 7.98. The molecule has 0 saturated carbocycles. The van der Waals surface area contributed by atoms with E-state index < -0.39 is 0 Å². The molecule has 4 nitrogen and oxygen atoms in total. The number of nitrogens with one attached hydrogen (secondary N) is 1. The van der Waals surface area contributed by atoms with Crippen molar-refractivity contribution in [1.82, 2.24) is 10.2 Å². The van der Waals surface area contributed by atoms with Gasteiger partial charge >= 0.3 is 0 Å². The summed E-state index contributed by atoms with van der Waals surface area (Å²) < 4.78 is 5.64. The van der Waals surface area contributed by atoms with E-state index in [1.165, 1.54) is 11.1 Å². The first-order chi connectivity index (χ1) is 11.3. The zero-order chi connectivity index (χ0) is 15.9. The summed E-state index contributed by atoms with van der Waals surface area (Å²) in [6.07, 6.45) is 0.0418. The van der Waals surface area contributed by atoms with Crippen LogP contribution in [0.3, 0.4) is 0 Å². The second-order valence-corrected chi connectivity index (χ2v) is 5.88. The highest BCUT2D eigenvalue weighted by molar-refractivity contribution is 5.77. The van der Waals surface area contributed by atoms with Crippen LogP contribution < -0.4 is 5.32 Å². The van der Waals surface area contributed by atoms with Gasteiger partial charge in [-0.05, 0) is 11.1 Å². The number of ether oxygens (including phenoxy) is 1. The highest BCUT2D eigenvalue weighted by atomic mass is 16.5. The third-order valence-electron chi connectivity index (χ3n) is 3.94. The van der Waals surface area contributed by atoms with Crippen molar-refractivity contribution in [3.05, 3.63) is 71.8 Å². The molecule has 0 bridgehead atoms. The molecule has 1 aliphatic heterocycles. The molecule has 1 heterocycles. The third-order valence-corrected chi connectivity index (χ3v) is 3.94. The van der Waals surface area contributed by atoms with Crippen molar-refractivity contribution < 1.29 is 9.53 Å². The molecule has 0 aromatic heterocycles. The molecule has 3 rings (SSSR count). The summed E-state index contributed by atoms with van der Waals surface area (Å²) in [6, 6.07) is 20.9. The lowest BCUT2D eigenvalue weighted by atomic mass is 10.1. The largest absolute Gasteiger partial charge is 0.365 e. The van der Waals surface area contributed by atoms with Gasteiger partial charge in [0.25, 0.3) is 0 Å². The summed E-state index contributed by atoms with van der Waals surface area (Å²) in [5.41, 5.74) is 2.56. The number of morpholine rings is 1. The average molecular weight is 310 g/mol. The molecule has 1 aliphatic rings. The Hall–Kier alpha value is -2.17. The fraction of sp³-hybridized carbons (Fsp3) is 0.316. The van der Waals surface area contributed by atoms with Gasteiger partial charge in [0, 0.05) is 26.2 Å². The Morgan fingerprint density at radius 1 is 0.957 bits per heavy atom. The van der Waals surface area contributed by atoms with Crippen molar-refractivity contribution in [2.75, 3.05) is 19.7 Å². The Balaban J connectivity index is 1.66. The number of benzene rings is 2. The second kappa shape index (κ2) is 7.90. The lowest BCUT2D eigenvalue weighted by molar-refractivity contribution is -0.134. The Kier molecular flexibility index (Phi) is 5.40. The molecule has 1 saturated heterocycles. The zero-order valence-electron chi connectivity index (χ0n) is 13.2. The molecule has 1 N–H and O–H groups in total. The van der Waals surface area contributed by atoms with E-state index in [1.807, 2.05) is 12.1 Å². The molecule has 4 heteroatoms. The number of rotatable bonds is 6. The molecule has 1 amide bonds. The van der Waals surface area contributed by atoms with Crippen molar-refractivity contribution in [3.8, 4) is 0 Å². The lowest BCUT2D eigenvalue weighted by Gasteiger charge is -2.30. The van der Waals surface area contributed by atoms with Crippen LogP contribution in [-0.4, -0.2) is 36.6 Å². The quantitative estimate of drug-likeness (QED) is 0.889. The minimum Gasteiger partial charge on any atom is -0.365 e. The van der Waals surface area contributed by atoms with Gasteiger partial charge in [-0.2, -0.15) is 0 Å².